The zero-order valence-electron chi connectivity index (χ0n) is 13.0. The van der Waals surface area contributed by atoms with Gasteiger partial charge < -0.3 is 18.3 Å². The summed E-state index contributed by atoms with van der Waals surface area (Å²) < 4.78 is 15.8. The van der Waals surface area contributed by atoms with E-state index in [9.17, 15) is 4.79 Å². The lowest BCUT2D eigenvalue weighted by Crippen LogP contribution is -2.26. The average molecular weight is 315 g/mol. The van der Waals surface area contributed by atoms with Crippen molar-refractivity contribution in [2.45, 2.75) is 26.3 Å². The molecular weight excluding hydrogens is 298 g/mol. The SMILES string of the molecule is Cc1ccc(CN(C)C(=O)CCc2nc(-c3ccco3)no2)o1. The van der Waals surface area contributed by atoms with Crippen LogP contribution in [0, 0.1) is 6.92 Å². The molecule has 0 radical (unpaired) electrons. The first-order valence-electron chi connectivity index (χ1n) is 7.27. The Bertz CT molecular complexity index is 773. The second kappa shape index (κ2) is 6.51. The van der Waals surface area contributed by atoms with Crippen LogP contribution in [0.3, 0.4) is 0 Å². The quantitative estimate of drug-likeness (QED) is 0.695. The van der Waals surface area contributed by atoms with E-state index >= 15 is 0 Å². The summed E-state index contributed by atoms with van der Waals surface area (Å²) in [7, 11) is 1.74. The Balaban J connectivity index is 1.52. The Morgan fingerprint density at radius 2 is 2.17 bits per heavy atom. The highest BCUT2D eigenvalue weighted by Gasteiger charge is 2.15. The van der Waals surface area contributed by atoms with Gasteiger partial charge in [-0.15, -0.1) is 0 Å². The summed E-state index contributed by atoms with van der Waals surface area (Å²) in [6.45, 7) is 2.31. The van der Waals surface area contributed by atoms with Crippen molar-refractivity contribution in [2.24, 2.45) is 0 Å². The largest absolute Gasteiger partial charge is 0.464 e. The fourth-order valence-electron chi connectivity index (χ4n) is 2.16. The molecule has 120 valence electrons. The lowest BCUT2D eigenvalue weighted by Gasteiger charge is -2.14. The van der Waals surface area contributed by atoms with Crippen LogP contribution in [-0.4, -0.2) is 28.0 Å². The molecule has 1 amide bonds. The third-order valence-electron chi connectivity index (χ3n) is 3.38. The molecule has 0 bridgehead atoms. The van der Waals surface area contributed by atoms with Gasteiger partial charge >= 0.3 is 0 Å². The van der Waals surface area contributed by atoms with Gasteiger partial charge in [-0.25, -0.2) is 0 Å². The standard InChI is InChI=1S/C16H17N3O4/c1-11-5-6-12(22-11)10-19(2)15(20)8-7-14-17-16(18-23-14)13-4-3-9-21-13/h3-6,9H,7-8,10H2,1-2H3. The van der Waals surface area contributed by atoms with Crippen molar-refractivity contribution in [1.82, 2.24) is 15.0 Å². The Hall–Kier alpha value is -2.83. The van der Waals surface area contributed by atoms with Gasteiger partial charge in [-0.05, 0) is 31.2 Å². The molecular formula is C16H17N3O4. The number of furan rings is 2. The molecule has 23 heavy (non-hydrogen) atoms. The summed E-state index contributed by atoms with van der Waals surface area (Å²) >= 11 is 0. The van der Waals surface area contributed by atoms with Crippen LogP contribution in [0.25, 0.3) is 11.6 Å². The van der Waals surface area contributed by atoms with Gasteiger partial charge in [-0.3, -0.25) is 4.79 Å². The van der Waals surface area contributed by atoms with Crippen LogP contribution in [0.5, 0.6) is 0 Å². The first-order valence-corrected chi connectivity index (χ1v) is 7.27. The molecule has 0 saturated heterocycles. The first kappa shape index (κ1) is 15.1. The molecule has 7 nitrogen and oxygen atoms in total. The maximum atomic E-state index is 12.1. The Morgan fingerprint density at radius 1 is 1.30 bits per heavy atom. The summed E-state index contributed by atoms with van der Waals surface area (Å²) in [6, 6.07) is 7.24. The Kier molecular flexibility index (Phi) is 4.27. The van der Waals surface area contributed by atoms with Gasteiger partial charge in [-0.2, -0.15) is 4.98 Å². The van der Waals surface area contributed by atoms with Crippen molar-refractivity contribution in [1.29, 1.82) is 0 Å². The molecule has 7 heteroatoms. The molecule has 0 aliphatic heterocycles. The van der Waals surface area contributed by atoms with Crippen LogP contribution in [0.4, 0.5) is 0 Å². The monoisotopic (exact) mass is 315 g/mol. The summed E-state index contributed by atoms with van der Waals surface area (Å²) in [5.41, 5.74) is 0. The Morgan fingerprint density at radius 3 is 2.87 bits per heavy atom. The van der Waals surface area contributed by atoms with Gasteiger partial charge in [0, 0.05) is 19.9 Å². The Labute approximate surface area is 132 Å². The third-order valence-corrected chi connectivity index (χ3v) is 3.38. The van der Waals surface area contributed by atoms with Crippen molar-refractivity contribution in [3.05, 3.63) is 47.9 Å². The molecule has 3 rings (SSSR count). The van der Waals surface area contributed by atoms with Gasteiger partial charge in [0.15, 0.2) is 5.76 Å². The molecule has 0 atom stereocenters. The van der Waals surface area contributed by atoms with Gasteiger partial charge in [0.05, 0.1) is 12.8 Å². The molecule has 0 aliphatic carbocycles. The summed E-state index contributed by atoms with van der Waals surface area (Å²) in [6.07, 6.45) is 2.21. The van der Waals surface area contributed by atoms with Crippen molar-refractivity contribution in [3.63, 3.8) is 0 Å². The van der Waals surface area contributed by atoms with Crippen LogP contribution >= 0.6 is 0 Å². The molecule has 3 aromatic heterocycles. The smallest absolute Gasteiger partial charge is 0.238 e. The van der Waals surface area contributed by atoms with E-state index < -0.39 is 0 Å². The number of nitrogens with zero attached hydrogens (tertiary/aromatic N) is 3. The van der Waals surface area contributed by atoms with Crippen LogP contribution in [0.15, 0.2) is 43.9 Å². The van der Waals surface area contributed by atoms with Crippen LogP contribution in [0.1, 0.15) is 23.8 Å². The maximum absolute atomic E-state index is 12.1. The number of carbonyl (C=O) groups is 1. The number of carbonyl (C=O) groups excluding carboxylic acids is 1. The minimum atomic E-state index is -0.0169. The zero-order chi connectivity index (χ0) is 16.2. The van der Waals surface area contributed by atoms with Crippen molar-refractivity contribution < 1.29 is 18.2 Å². The van der Waals surface area contributed by atoms with Gasteiger partial charge in [0.2, 0.25) is 17.6 Å². The first-order chi connectivity index (χ1) is 11.1. The summed E-state index contributed by atoms with van der Waals surface area (Å²) in [5, 5.41) is 3.83. The molecule has 0 saturated carbocycles. The normalized spacial score (nSPS) is 10.9. The van der Waals surface area contributed by atoms with Gasteiger partial charge in [-0.1, -0.05) is 5.16 Å². The van der Waals surface area contributed by atoms with Crippen molar-refractivity contribution >= 4 is 5.91 Å². The summed E-state index contributed by atoms with van der Waals surface area (Å²) in [4.78, 5) is 18.0. The lowest BCUT2D eigenvalue weighted by atomic mass is 10.2. The molecule has 0 unspecified atom stereocenters. The number of aryl methyl sites for hydroxylation is 2. The highest BCUT2D eigenvalue weighted by molar-refractivity contribution is 5.75. The van der Waals surface area contributed by atoms with E-state index in [1.807, 2.05) is 19.1 Å². The van der Waals surface area contributed by atoms with E-state index in [1.54, 1.807) is 30.3 Å². The second-order valence-electron chi connectivity index (χ2n) is 5.25. The maximum Gasteiger partial charge on any atom is 0.238 e. The number of rotatable bonds is 6. The van der Waals surface area contributed by atoms with E-state index in [0.29, 0.717) is 30.4 Å². The zero-order valence-corrected chi connectivity index (χ0v) is 13.0. The predicted molar refractivity (Wildman–Crippen MR) is 80.2 cm³/mol. The number of hydrogen-bond donors (Lipinski definition) is 0. The van der Waals surface area contributed by atoms with Crippen molar-refractivity contribution in [2.75, 3.05) is 7.05 Å². The molecule has 0 N–H and O–H groups in total. The van der Waals surface area contributed by atoms with Crippen LogP contribution in [-0.2, 0) is 17.8 Å². The number of hydrogen-bond acceptors (Lipinski definition) is 6. The lowest BCUT2D eigenvalue weighted by molar-refractivity contribution is -0.130. The minimum absolute atomic E-state index is 0.0169. The molecule has 0 fully saturated rings. The van der Waals surface area contributed by atoms with E-state index in [0.717, 1.165) is 11.5 Å². The fourth-order valence-corrected chi connectivity index (χ4v) is 2.16. The number of aromatic nitrogens is 2. The average Bonchev–Trinajstić information content (AvgIpc) is 3.26. The molecule has 0 aliphatic rings. The van der Waals surface area contributed by atoms with E-state index in [1.165, 1.54) is 0 Å². The highest BCUT2D eigenvalue weighted by atomic mass is 16.5. The molecule has 0 aromatic carbocycles. The molecule has 3 aromatic rings. The molecule has 0 spiro atoms. The fraction of sp³-hybridized carbons (Fsp3) is 0.312. The summed E-state index contributed by atoms with van der Waals surface area (Å²) in [5.74, 6) is 2.91. The highest BCUT2D eigenvalue weighted by Crippen LogP contribution is 2.16. The van der Waals surface area contributed by atoms with E-state index in [2.05, 4.69) is 10.1 Å². The minimum Gasteiger partial charge on any atom is -0.464 e. The van der Waals surface area contributed by atoms with E-state index in [-0.39, 0.29) is 12.3 Å². The van der Waals surface area contributed by atoms with Crippen molar-refractivity contribution in [3.8, 4) is 11.6 Å². The number of amides is 1. The molecule has 3 heterocycles. The van der Waals surface area contributed by atoms with Crippen LogP contribution in [0.2, 0.25) is 0 Å². The predicted octanol–water partition coefficient (Wildman–Crippen LogP) is 2.82. The van der Waals surface area contributed by atoms with Gasteiger partial charge in [0.1, 0.15) is 11.5 Å². The van der Waals surface area contributed by atoms with E-state index in [4.69, 9.17) is 13.4 Å². The van der Waals surface area contributed by atoms with Gasteiger partial charge in [0.25, 0.3) is 0 Å². The topological polar surface area (TPSA) is 85.5 Å². The second-order valence-corrected chi connectivity index (χ2v) is 5.25. The third kappa shape index (κ3) is 3.68. The van der Waals surface area contributed by atoms with Crippen LogP contribution < -0.4 is 0 Å².